The van der Waals surface area contributed by atoms with Gasteiger partial charge in [-0.1, -0.05) is 12.2 Å². The Bertz CT molecular complexity index is 1400. The first-order chi connectivity index (χ1) is 16.6. The van der Waals surface area contributed by atoms with Gasteiger partial charge in [0.1, 0.15) is 17.8 Å². The molecule has 34 heavy (non-hydrogen) atoms. The minimum Gasteiger partial charge on any atom is -0.481 e. The van der Waals surface area contributed by atoms with E-state index >= 15 is 0 Å². The van der Waals surface area contributed by atoms with Crippen molar-refractivity contribution in [1.29, 1.82) is 5.26 Å². The molecule has 2 aromatic heterocycles. The maximum atomic E-state index is 10.9. The molecule has 0 aliphatic carbocycles. The zero-order valence-electron chi connectivity index (χ0n) is 18.8. The molecule has 172 valence electrons. The van der Waals surface area contributed by atoms with Crippen LogP contribution in [0.2, 0.25) is 0 Å². The third-order valence-corrected chi connectivity index (χ3v) is 6.37. The number of anilines is 1. The van der Waals surface area contributed by atoms with E-state index in [2.05, 4.69) is 39.1 Å². The maximum absolute atomic E-state index is 10.9. The van der Waals surface area contributed by atoms with Gasteiger partial charge in [0.15, 0.2) is 0 Å². The van der Waals surface area contributed by atoms with Crippen LogP contribution in [0.1, 0.15) is 23.3 Å². The summed E-state index contributed by atoms with van der Waals surface area (Å²) in [5.41, 5.74) is 4.70. The van der Waals surface area contributed by atoms with Gasteiger partial charge in [0, 0.05) is 60.9 Å². The molecule has 5 rings (SSSR count). The zero-order valence-corrected chi connectivity index (χ0v) is 18.8. The monoisotopic (exact) mass is 454 g/mol. The molecule has 0 spiro atoms. The van der Waals surface area contributed by atoms with Crippen LogP contribution in [0.15, 0.2) is 59.2 Å². The van der Waals surface area contributed by atoms with Crippen LogP contribution < -0.4 is 4.90 Å². The quantitative estimate of drug-likeness (QED) is 0.422. The molecule has 2 N–H and O–H groups in total. The number of hydrogen-bond acceptors (Lipinski definition) is 5. The van der Waals surface area contributed by atoms with Crippen LogP contribution in [0.4, 0.5) is 5.69 Å². The Morgan fingerprint density at radius 2 is 2.00 bits per heavy atom. The van der Waals surface area contributed by atoms with Gasteiger partial charge in [0.2, 0.25) is 0 Å². The fraction of sp³-hybridized carbons (Fsp3) is 0.259. The topological polar surface area (TPSA) is 96.5 Å². The van der Waals surface area contributed by atoms with E-state index in [1.54, 1.807) is 0 Å². The van der Waals surface area contributed by atoms with Crippen LogP contribution in [-0.2, 0) is 11.2 Å². The van der Waals surface area contributed by atoms with E-state index in [0.29, 0.717) is 11.3 Å². The van der Waals surface area contributed by atoms with Gasteiger partial charge in [-0.05, 0) is 54.4 Å². The maximum Gasteiger partial charge on any atom is 0.311 e. The molecule has 0 unspecified atom stereocenters. The van der Waals surface area contributed by atoms with Gasteiger partial charge >= 0.3 is 5.97 Å². The molecule has 2 aromatic carbocycles. The molecule has 0 radical (unpaired) electrons. The van der Waals surface area contributed by atoms with Crippen molar-refractivity contribution in [3.05, 3.63) is 71.6 Å². The fourth-order valence-corrected chi connectivity index (χ4v) is 4.57. The number of aliphatic carboxylic acids is 1. The number of aromatic amines is 1. The number of H-pyrrole nitrogens is 1. The number of piperazine rings is 1. The van der Waals surface area contributed by atoms with Crippen molar-refractivity contribution < 1.29 is 14.3 Å². The van der Waals surface area contributed by atoms with Gasteiger partial charge in [0.25, 0.3) is 0 Å². The summed E-state index contributed by atoms with van der Waals surface area (Å²) < 4.78 is 5.62. The summed E-state index contributed by atoms with van der Waals surface area (Å²) in [5.74, 6) is -0.407. The van der Waals surface area contributed by atoms with Gasteiger partial charge in [-0.3, -0.25) is 9.69 Å². The largest absolute Gasteiger partial charge is 0.481 e. The molecule has 3 heterocycles. The predicted octanol–water partition coefficient (Wildman–Crippen LogP) is 4.64. The molecule has 0 amide bonds. The van der Waals surface area contributed by atoms with E-state index < -0.39 is 5.97 Å². The number of carboxylic acid groups (broad SMARTS) is 1. The molecule has 0 saturated carbocycles. The number of benzene rings is 2. The summed E-state index contributed by atoms with van der Waals surface area (Å²) in [6.07, 6.45) is 7.20. The second kappa shape index (κ2) is 9.46. The lowest BCUT2D eigenvalue weighted by atomic mass is 10.1. The van der Waals surface area contributed by atoms with E-state index in [4.69, 9.17) is 14.8 Å². The summed E-state index contributed by atoms with van der Waals surface area (Å²) in [7, 11) is 0. The fourth-order valence-electron chi connectivity index (χ4n) is 4.57. The number of nitrogens with one attached hydrogen (secondary N) is 1. The summed E-state index contributed by atoms with van der Waals surface area (Å²) >= 11 is 0. The Labute approximate surface area is 197 Å². The van der Waals surface area contributed by atoms with Crippen LogP contribution in [-0.4, -0.2) is 53.7 Å². The van der Waals surface area contributed by atoms with Crippen LogP contribution in [0, 0.1) is 11.3 Å². The Morgan fingerprint density at radius 1 is 1.15 bits per heavy atom. The number of fused-ring (bicyclic) bond motifs is 2. The normalized spacial score (nSPS) is 14.9. The van der Waals surface area contributed by atoms with E-state index in [1.807, 2.05) is 42.6 Å². The van der Waals surface area contributed by atoms with Crippen LogP contribution in [0.3, 0.4) is 0 Å². The highest BCUT2D eigenvalue weighted by Gasteiger charge is 2.17. The van der Waals surface area contributed by atoms with Crippen molar-refractivity contribution >= 4 is 39.6 Å². The van der Waals surface area contributed by atoms with E-state index in [-0.39, 0.29) is 6.42 Å². The van der Waals surface area contributed by atoms with E-state index in [9.17, 15) is 4.79 Å². The van der Waals surface area contributed by atoms with Gasteiger partial charge in [-0.15, -0.1) is 0 Å². The first-order valence-electron chi connectivity index (χ1n) is 11.5. The Balaban J connectivity index is 1.14. The number of carbonyl (C=O) groups is 1. The summed E-state index contributed by atoms with van der Waals surface area (Å²) in [6.45, 7) is 4.92. The van der Waals surface area contributed by atoms with Gasteiger partial charge in [-0.25, -0.2) is 0 Å². The summed E-state index contributed by atoms with van der Waals surface area (Å²) in [4.78, 5) is 19.0. The molecule has 0 bridgehead atoms. The number of aromatic nitrogens is 1. The third-order valence-electron chi connectivity index (χ3n) is 6.37. The highest BCUT2D eigenvalue weighted by Crippen LogP contribution is 2.26. The highest BCUT2D eigenvalue weighted by atomic mass is 16.4. The number of furan rings is 1. The van der Waals surface area contributed by atoms with Crippen LogP contribution in [0.25, 0.3) is 27.9 Å². The third kappa shape index (κ3) is 4.68. The summed E-state index contributed by atoms with van der Waals surface area (Å²) in [5, 5.41) is 20.1. The Morgan fingerprint density at radius 3 is 2.79 bits per heavy atom. The zero-order chi connectivity index (χ0) is 23.5. The molecule has 0 atom stereocenters. The minimum absolute atomic E-state index is 0.0989. The molecule has 7 heteroatoms. The predicted molar refractivity (Wildman–Crippen MR) is 133 cm³/mol. The molecule has 1 aliphatic heterocycles. The number of nitrogens with zero attached hydrogens (tertiary/aromatic N) is 3. The Hall–Kier alpha value is -4.02. The van der Waals surface area contributed by atoms with Gasteiger partial charge in [-0.2, -0.15) is 5.26 Å². The van der Waals surface area contributed by atoms with Crippen molar-refractivity contribution in [3.8, 4) is 6.07 Å². The summed E-state index contributed by atoms with van der Waals surface area (Å²) in [6, 6.07) is 15.8. The van der Waals surface area contributed by atoms with Crippen molar-refractivity contribution in [3.63, 3.8) is 0 Å². The molecular weight excluding hydrogens is 428 g/mol. The lowest BCUT2D eigenvalue weighted by Crippen LogP contribution is -2.46. The van der Waals surface area contributed by atoms with Crippen LogP contribution >= 0.6 is 0 Å². The molecule has 1 saturated heterocycles. The first kappa shape index (κ1) is 21.8. The minimum atomic E-state index is -0.889. The smallest absolute Gasteiger partial charge is 0.311 e. The van der Waals surface area contributed by atoms with E-state index in [1.165, 1.54) is 0 Å². The standard InChI is InChI=1S/C27H26N4O3/c28-17-19-4-6-25-24(13-19)20(18-29-25)3-1-2-8-30-9-11-31(12-10-30)22-5-7-26-21(14-22)15-23(34-26)16-27(32)33/h1,3-7,13-15,18,29H,2,8-12,16H2,(H,32,33)/b3-1+. The number of rotatable bonds is 7. The van der Waals surface area contributed by atoms with Gasteiger partial charge < -0.3 is 19.4 Å². The average Bonchev–Trinajstić information content (AvgIpc) is 3.44. The number of hydrogen-bond donors (Lipinski definition) is 2. The molecule has 1 aliphatic rings. The SMILES string of the molecule is N#Cc1ccc2[nH]cc(/C=C/CCN3CCN(c4ccc5oc(CC(=O)O)cc5c4)CC3)c2c1. The number of carboxylic acids is 1. The van der Waals surface area contributed by atoms with Crippen molar-refractivity contribution in [1.82, 2.24) is 9.88 Å². The highest BCUT2D eigenvalue weighted by molar-refractivity contribution is 5.89. The van der Waals surface area contributed by atoms with Crippen molar-refractivity contribution in [2.24, 2.45) is 0 Å². The van der Waals surface area contributed by atoms with Crippen molar-refractivity contribution in [2.75, 3.05) is 37.6 Å². The molecule has 4 aromatic rings. The second-order valence-corrected chi connectivity index (χ2v) is 8.64. The first-order valence-corrected chi connectivity index (χ1v) is 11.5. The molecular formula is C27H26N4O3. The van der Waals surface area contributed by atoms with Crippen molar-refractivity contribution in [2.45, 2.75) is 12.8 Å². The Kier molecular flexibility index (Phi) is 6.07. The lowest BCUT2D eigenvalue weighted by molar-refractivity contribution is -0.136. The lowest BCUT2D eigenvalue weighted by Gasteiger charge is -2.36. The van der Waals surface area contributed by atoms with Gasteiger partial charge in [0.05, 0.1) is 11.6 Å². The van der Waals surface area contributed by atoms with Crippen LogP contribution in [0.5, 0.6) is 0 Å². The van der Waals surface area contributed by atoms with E-state index in [0.717, 1.165) is 72.3 Å². The number of nitriles is 1. The average molecular weight is 455 g/mol. The molecule has 1 fully saturated rings. The molecule has 7 nitrogen and oxygen atoms in total. The second-order valence-electron chi connectivity index (χ2n) is 8.64.